The molecule has 1 aliphatic rings. The first kappa shape index (κ1) is 15.3. The highest BCUT2D eigenvalue weighted by Gasteiger charge is 2.22. The Morgan fingerprint density at radius 1 is 1.32 bits per heavy atom. The zero-order chi connectivity index (χ0) is 15.4. The van der Waals surface area contributed by atoms with Crippen LogP contribution in [0.4, 0.5) is 0 Å². The predicted molar refractivity (Wildman–Crippen MR) is 89.9 cm³/mol. The summed E-state index contributed by atoms with van der Waals surface area (Å²) in [7, 11) is 0. The lowest BCUT2D eigenvalue weighted by Gasteiger charge is -2.33. The summed E-state index contributed by atoms with van der Waals surface area (Å²) in [6.07, 6.45) is 7.67. The van der Waals surface area contributed by atoms with E-state index >= 15 is 0 Å². The molecule has 1 fully saturated rings. The van der Waals surface area contributed by atoms with Gasteiger partial charge >= 0.3 is 0 Å². The smallest absolute Gasteiger partial charge is 0.223 e. The minimum atomic E-state index is 0.276. The van der Waals surface area contributed by atoms with Crippen molar-refractivity contribution in [2.24, 2.45) is 0 Å². The molecule has 0 bridgehead atoms. The summed E-state index contributed by atoms with van der Waals surface area (Å²) in [5.41, 5.74) is 0.955. The van der Waals surface area contributed by atoms with Crippen LogP contribution in [0, 0.1) is 0 Å². The molecular weight excluding hydrogens is 294 g/mol. The molecule has 116 valence electrons. The van der Waals surface area contributed by atoms with E-state index in [4.69, 9.17) is 0 Å². The third-order valence-electron chi connectivity index (χ3n) is 4.17. The Balaban J connectivity index is 1.59. The number of pyridine rings is 2. The topological polar surface area (TPSA) is 46.1 Å². The summed E-state index contributed by atoms with van der Waals surface area (Å²) in [5, 5.41) is 2.03. The Hall–Kier alpha value is -1.62. The molecule has 22 heavy (non-hydrogen) atoms. The Labute approximate surface area is 135 Å². The Bertz CT molecular complexity index is 656. The molecule has 1 unspecified atom stereocenters. The van der Waals surface area contributed by atoms with E-state index in [2.05, 4.69) is 16.9 Å². The molecule has 1 saturated heterocycles. The number of piperidine rings is 1. The lowest BCUT2D eigenvalue weighted by Crippen LogP contribution is -2.42. The summed E-state index contributed by atoms with van der Waals surface area (Å²) in [5.74, 6) is 1.04. The molecule has 0 radical (unpaired) electrons. The third-order valence-corrected chi connectivity index (χ3v) is 5.18. The van der Waals surface area contributed by atoms with Crippen LogP contribution in [-0.2, 0) is 4.79 Å². The van der Waals surface area contributed by atoms with Gasteiger partial charge in [-0.1, -0.05) is 0 Å². The van der Waals surface area contributed by atoms with Crippen molar-refractivity contribution in [3.8, 4) is 0 Å². The van der Waals surface area contributed by atoms with Gasteiger partial charge in [-0.2, -0.15) is 0 Å². The van der Waals surface area contributed by atoms with Crippen LogP contribution < -0.4 is 0 Å². The molecular formula is C17H21N3OS. The van der Waals surface area contributed by atoms with E-state index in [-0.39, 0.29) is 5.91 Å². The van der Waals surface area contributed by atoms with E-state index in [1.54, 1.807) is 24.2 Å². The summed E-state index contributed by atoms with van der Waals surface area (Å²) in [4.78, 5) is 23.2. The van der Waals surface area contributed by atoms with Crippen molar-refractivity contribution in [3.05, 3.63) is 30.6 Å². The normalized spacial score (nSPS) is 18.6. The number of likely N-dealkylation sites (tertiary alicyclic amines) is 1. The second kappa shape index (κ2) is 7.09. The van der Waals surface area contributed by atoms with Crippen LogP contribution in [0.1, 0.15) is 32.6 Å². The zero-order valence-electron chi connectivity index (χ0n) is 12.9. The molecule has 5 heteroatoms. The van der Waals surface area contributed by atoms with E-state index in [0.29, 0.717) is 12.5 Å². The minimum absolute atomic E-state index is 0.276. The fourth-order valence-corrected chi connectivity index (χ4v) is 3.87. The van der Waals surface area contributed by atoms with Gasteiger partial charge in [0.2, 0.25) is 5.91 Å². The average Bonchev–Trinajstić information content (AvgIpc) is 2.55. The summed E-state index contributed by atoms with van der Waals surface area (Å²) in [6.45, 7) is 3.07. The molecule has 0 aliphatic carbocycles. The number of hydrogen-bond donors (Lipinski definition) is 0. The first-order valence-corrected chi connectivity index (χ1v) is 8.86. The van der Waals surface area contributed by atoms with Gasteiger partial charge in [-0.15, -0.1) is 11.8 Å². The number of amides is 1. The number of carbonyl (C=O) groups is 1. The Morgan fingerprint density at radius 2 is 2.23 bits per heavy atom. The van der Waals surface area contributed by atoms with Crippen molar-refractivity contribution in [3.63, 3.8) is 0 Å². The van der Waals surface area contributed by atoms with Crippen LogP contribution >= 0.6 is 11.8 Å². The second-order valence-corrected chi connectivity index (χ2v) is 6.80. The Morgan fingerprint density at radius 3 is 3.09 bits per heavy atom. The lowest BCUT2D eigenvalue weighted by atomic mass is 10.0. The van der Waals surface area contributed by atoms with E-state index < -0.39 is 0 Å². The largest absolute Gasteiger partial charge is 0.340 e. The van der Waals surface area contributed by atoms with Gasteiger partial charge in [0.1, 0.15) is 5.03 Å². The van der Waals surface area contributed by atoms with E-state index in [1.165, 1.54) is 6.42 Å². The monoisotopic (exact) mass is 315 g/mol. The highest BCUT2D eigenvalue weighted by Crippen LogP contribution is 2.25. The maximum atomic E-state index is 12.3. The molecule has 0 aromatic carbocycles. The number of rotatable bonds is 4. The minimum Gasteiger partial charge on any atom is -0.340 e. The maximum Gasteiger partial charge on any atom is 0.223 e. The SMILES string of the molecule is CC1CCCCN1C(=O)CCSc1nccc2ncccc12. The van der Waals surface area contributed by atoms with Crippen molar-refractivity contribution in [2.75, 3.05) is 12.3 Å². The lowest BCUT2D eigenvalue weighted by molar-refractivity contribution is -0.133. The summed E-state index contributed by atoms with van der Waals surface area (Å²) in [6, 6.07) is 6.27. The van der Waals surface area contributed by atoms with Crippen LogP contribution in [0.5, 0.6) is 0 Å². The molecule has 0 saturated carbocycles. The van der Waals surface area contributed by atoms with Crippen LogP contribution in [-0.4, -0.2) is 39.1 Å². The molecule has 4 nitrogen and oxygen atoms in total. The fourth-order valence-electron chi connectivity index (χ4n) is 2.94. The van der Waals surface area contributed by atoms with Crippen LogP contribution in [0.25, 0.3) is 10.9 Å². The Kier molecular flexibility index (Phi) is 4.93. The first-order chi connectivity index (χ1) is 10.8. The number of fused-ring (bicyclic) bond motifs is 1. The first-order valence-electron chi connectivity index (χ1n) is 7.88. The molecule has 1 aliphatic heterocycles. The van der Waals surface area contributed by atoms with Gasteiger partial charge < -0.3 is 4.90 Å². The van der Waals surface area contributed by atoms with Crippen molar-refractivity contribution in [1.29, 1.82) is 0 Å². The number of aromatic nitrogens is 2. The van der Waals surface area contributed by atoms with Crippen LogP contribution in [0.15, 0.2) is 35.6 Å². The molecule has 0 N–H and O–H groups in total. The summed E-state index contributed by atoms with van der Waals surface area (Å²) < 4.78 is 0. The second-order valence-electron chi connectivity index (χ2n) is 5.72. The summed E-state index contributed by atoms with van der Waals surface area (Å²) >= 11 is 1.64. The van der Waals surface area contributed by atoms with Gasteiger partial charge in [0.25, 0.3) is 0 Å². The van der Waals surface area contributed by atoms with Gasteiger partial charge in [-0.3, -0.25) is 9.78 Å². The van der Waals surface area contributed by atoms with Crippen molar-refractivity contribution < 1.29 is 4.79 Å². The molecule has 2 aromatic rings. The zero-order valence-corrected chi connectivity index (χ0v) is 13.7. The van der Waals surface area contributed by atoms with Gasteiger partial charge in [-0.05, 0) is 44.4 Å². The molecule has 0 spiro atoms. The average molecular weight is 315 g/mol. The molecule has 3 heterocycles. The highest BCUT2D eigenvalue weighted by atomic mass is 32.2. The molecule has 1 atom stereocenters. The number of hydrogen-bond acceptors (Lipinski definition) is 4. The predicted octanol–water partition coefficient (Wildman–Crippen LogP) is 3.51. The van der Waals surface area contributed by atoms with Gasteiger partial charge in [0, 0.05) is 42.5 Å². The standard InChI is InChI=1S/C17H21N3OS/c1-13-5-2-3-11-20(13)16(21)8-12-22-17-14-6-4-9-18-15(14)7-10-19-17/h4,6-7,9-10,13H,2-3,5,8,11-12H2,1H3. The maximum absolute atomic E-state index is 12.3. The van der Waals surface area contributed by atoms with Gasteiger partial charge in [-0.25, -0.2) is 4.98 Å². The van der Waals surface area contributed by atoms with Gasteiger partial charge in [0.05, 0.1) is 5.52 Å². The van der Waals surface area contributed by atoms with E-state index in [9.17, 15) is 4.79 Å². The molecule has 1 amide bonds. The van der Waals surface area contributed by atoms with Gasteiger partial charge in [0.15, 0.2) is 0 Å². The van der Waals surface area contributed by atoms with Crippen molar-refractivity contribution in [2.45, 2.75) is 43.7 Å². The molecule has 3 rings (SSSR count). The van der Waals surface area contributed by atoms with Crippen LogP contribution in [0.2, 0.25) is 0 Å². The van der Waals surface area contributed by atoms with Crippen molar-refractivity contribution in [1.82, 2.24) is 14.9 Å². The van der Waals surface area contributed by atoms with E-state index in [0.717, 1.165) is 41.1 Å². The number of carbonyl (C=O) groups excluding carboxylic acids is 1. The highest BCUT2D eigenvalue weighted by molar-refractivity contribution is 7.99. The number of thioether (sulfide) groups is 1. The number of nitrogens with zero attached hydrogens (tertiary/aromatic N) is 3. The van der Waals surface area contributed by atoms with E-state index in [1.807, 2.05) is 23.1 Å². The van der Waals surface area contributed by atoms with Crippen LogP contribution in [0.3, 0.4) is 0 Å². The third kappa shape index (κ3) is 3.40. The quantitative estimate of drug-likeness (QED) is 0.810. The van der Waals surface area contributed by atoms with Crippen molar-refractivity contribution >= 4 is 28.6 Å². The molecule has 2 aromatic heterocycles. The fraction of sp³-hybridized carbons (Fsp3) is 0.471.